The lowest BCUT2D eigenvalue weighted by Gasteiger charge is -2.30. The molecule has 1 amide bonds. The predicted octanol–water partition coefficient (Wildman–Crippen LogP) is 6.52. The lowest BCUT2D eigenvalue weighted by Crippen LogP contribution is -2.41. The van der Waals surface area contributed by atoms with Crippen LogP contribution in [0, 0.1) is 0 Å². The Morgan fingerprint density at radius 2 is 1.66 bits per heavy atom. The van der Waals surface area contributed by atoms with Gasteiger partial charge in [0.2, 0.25) is 5.91 Å². The Kier molecular flexibility index (Phi) is 7.12. The van der Waals surface area contributed by atoms with Crippen LogP contribution in [0.4, 0.5) is 5.69 Å². The average Bonchev–Trinajstić information content (AvgIpc) is 3.59. The van der Waals surface area contributed by atoms with E-state index in [-0.39, 0.29) is 17.3 Å². The number of fused-ring (bicyclic) bond motifs is 2. The van der Waals surface area contributed by atoms with E-state index < -0.39 is 12.1 Å². The van der Waals surface area contributed by atoms with Crippen molar-refractivity contribution in [1.82, 2.24) is 14.5 Å². The molecule has 0 unspecified atom stereocenters. The minimum atomic E-state index is -0.998. The Labute approximate surface area is 257 Å². The van der Waals surface area contributed by atoms with E-state index in [1.807, 2.05) is 83.4 Å². The van der Waals surface area contributed by atoms with Crippen LogP contribution in [0.3, 0.4) is 0 Å². The number of hydrogen-bond donors (Lipinski definition) is 3. The Morgan fingerprint density at radius 3 is 2.41 bits per heavy atom. The molecule has 0 saturated carbocycles. The third-order valence-electron chi connectivity index (χ3n) is 8.27. The fourth-order valence-electron chi connectivity index (χ4n) is 6.05. The second kappa shape index (κ2) is 11.3. The molecule has 4 heterocycles. The number of nitrogens with two attached hydrogens (primary N) is 1. The van der Waals surface area contributed by atoms with Gasteiger partial charge in [0.05, 0.1) is 33.2 Å². The van der Waals surface area contributed by atoms with Gasteiger partial charge < -0.3 is 25.4 Å². The summed E-state index contributed by atoms with van der Waals surface area (Å²) in [6.45, 7) is 1.04. The largest absolute Gasteiger partial charge is 0.477 e. The van der Waals surface area contributed by atoms with E-state index >= 15 is 0 Å². The molecule has 3 aromatic heterocycles. The first kappa shape index (κ1) is 27.8. The van der Waals surface area contributed by atoms with Crippen LogP contribution in [0.15, 0.2) is 91.0 Å². The fourth-order valence-corrected chi connectivity index (χ4v) is 7.12. The molecule has 1 aliphatic rings. The molecule has 0 radical (unpaired) electrons. The number of aliphatic hydroxyl groups excluding tert-OH is 1. The molecule has 9 heteroatoms. The first-order valence-corrected chi connectivity index (χ1v) is 15.3. The summed E-state index contributed by atoms with van der Waals surface area (Å²) in [6.07, 6.45) is 0.705. The number of nitrogen functional groups attached to an aromatic ring is 1. The highest BCUT2D eigenvalue weighted by molar-refractivity contribution is 7.21. The molecule has 7 rings (SSSR count). The van der Waals surface area contributed by atoms with E-state index in [0.29, 0.717) is 37.1 Å². The lowest BCUT2D eigenvalue weighted by atomic mass is 9.99. The van der Waals surface area contributed by atoms with Crippen LogP contribution in [-0.4, -0.2) is 55.7 Å². The number of benzene rings is 3. The van der Waals surface area contributed by atoms with Gasteiger partial charge >= 0.3 is 5.97 Å². The molecular formula is C35H30N4O4S. The van der Waals surface area contributed by atoms with E-state index in [4.69, 9.17) is 10.7 Å². The first-order chi connectivity index (χ1) is 21.4. The van der Waals surface area contributed by atoms with Crippen molar-refractivity contribution in [2.24, 2.45) is 0 Å². The Morgan fingerprint density at radius 1 is 0.886 bits per heavy atom. The third kappa shape index (κ3) is 5.10. The molecule has 8 nitrogen and oxygen atoms in total. The van der Waals surface area contributed by atoms with Gasteiger partial charge in [-0.15, -0.1) is 11.3 Å². The number of carboxylic acids is 1. The van der Waals surface area contributed by atoms with Crippen LogP contribution in [0.1, 0.15) is 22.5 Å². The maximum absolute atomic E-state index is 13.7. The molecule has 220 valence electrons. The van der Waals surface area contributed by atoms with Crippen LogP contribution < -0.4 is 5.73 Å². The fraction of sp³-hybridized carbons (Fsp3) is 0.171. The van der Waals surface area contributed by atoms with Crippen LogP contribution in [0.2, 0.25) is 0 Å². The highest BCUT2D eigenvalue weighted by Crippen LogP contribution is 2.45. The summed E-state index contributed by atoms with van der Waals surface area (Å²) >= 11 is 1.22. The van der Waals surface area contributed by atoms with E-state index in [1.165, 1.54) is 11.3 Å². The van der Waals surface area contributed by atoms with Gasteiger partial charge in [-0.25, -0.2) is 9.78 Å². The molecule has 0 spiro atoms. The molecule has 1 fully saturated rings. The number of carbonyl (C=O) groups is 2. The number of amides is 1. The van der Waals surface area contributed by atoms with Crippen LogP contribution in [0.25, 0.3) is 54.8 Å². The van der Waals surface area contributed by atoms with Gasteiger partial charge in [0.15, 0.2) is 0 Å². The number of thiophene rings is 1. The minimum Gasteiger partial charge on any atom is -0.477 e. The predicted molar refractivity (Wildman–Crippen MR) is 175 cm³/mol. The number of carbonyl (C=O) groups excluding carboxylic acids is 1. The number of aromatic carboxylic acids is 1. The molecule has 0 atom stereocenters. The van der Waals surface area contributed by atoms with E-state index in [0.717, 1.165) is 49.2 Å². The molecular weight excluding hydrogens is 572 g/mol. The van der Waals surface area contributed by atoms with Crippen molar-refractivity contribution in [3.63, 3.8) is 0 Å². The van der Waals surface area contributed by atoms with E-state index in [1.54, 1.807) is 11.0 Å². The lowest BCUT2D eigenvalue weighted by molar-refractivity contribution is -0.133. The summed E-state index contributed by atoms with van der Waals surface area (Å²) in [4.78, 5) is 32.7. The van der Waals surface area contributed by atoms with Gasteiger partial charge in [0.1, 0.15) is 11.4 Å². The Hall–Kier alpha value is -4.99. The highest BCUT2D eigenvalue weighted by Gasteiger charge is 2.28. The molecule has 6 aromatic rings. The normalized spacial score (nSPS) is 14.0. The van der Waals surface area contributed by atoms with Gasteiger partial charge in [0.25, 0.3) is 0 Å². The summed E-state index contributed by atoms with van der Waals surface area (Å²) in [7, 11) is 0. The summed E-state index contributed by atoms with van der Waals surface area (Å²) < 4.78 is 2.78. The van der Waals surface area contributed by atoms with Crippen molar-refractivity contribution in [2.75, 3.05) is 18.8 Å². The molecule has 0 bridgehead atoms. The Balaban J connectivity index is 1.40. The van der Waals surface area contributed by atoms with Gasteiger partial charge in [-0.3, -0.25) is 4.79 Å². The quantitative estimate of drug-likeness (QED) is 0.187. The monoisotopic (exact) mass is 602 g/mol. The molecule has 44 heavy (non-hydrogen) atoms. The molecule has 3 aromatic carbocycles. The van der Waals surface area contributed by atoms with Crippen molar-refractivity contribution in [1.29, 1.82) is 0 Å². The zero-order valence-electron chi connectivity index (χ0n) is 23.8. The average molecular weight is 603 g/mol. The molecule has 1 aliphatic heterocycles. The zero-order chi connectivity index (χ0) is 30.4. The van der Waals surface area contributed by atoms with Crippen LogP contribution in [0.5, 0.6) is 0 Å². The molecule has 0 aliphatic carbocycles. The number of carboxylic acid groups (broad SMARTS) is 1. The number of hydrogen-bond acceptors (Lipinski definition) is 6. The second-order valence-corrected chi connectivity index (χ2v) is 12.2. The number of aromatic nitrogens is 2. The summed E-state index contributed by atoms with van der Waals surface area (Å²) in [6, 6.07) is 29.3. The van der Waals surface area contributed by atoms with Gasteiger partial charge in [0, 0.05) is 35.3 Å². The Bertz CT molecular complexity index is 2040. The number of likely N-dealkylation sites (tertiary alicyclic amines) is 1. The van der Waals surface area contributed by atoms with Gasteiger partial charge in [-0.1, -0.05) is 54.6 Å². The maximum atomic E-state index is 13.7. The zero-order valence-corrected chi connectivity index (χ0v) is 24.6. The van der Waals surface area contributed by atoms with E-state index in [9.17, 15) is 19.8 Å². The molecule has 4 N–H and O–H groups in total. The van der Waals surface area contributed by atoms with Crippen molar-refractivity contribution in [3.8, 4) is 33.6 Å². The molecule has 1 saturated heterocycles. The van der Waals surface area contributed by atoms with Crippen molar-refractivity contribution >= 4 is 50.0 Å². The first-order valence-electron chi connectivity index (χ1n) is 14.5. The second-order valence-electron chi connectivity index (χ2n) is 11.1. The summed E-state index contributed by atoms with van der Waals surface area (Å²) in [5.41, 5.74) is 13.6. The SMILES string of the molecule is Nc1cccc(-c2ccc3cc(-c4c(-c5ccccc5)c5sc(C(=O)O)cc5n4CC(=O)N4CCC(O)CC4)ccc3n2)c1. The number of piperidine rings is 1. The summed E-state index contributed by atoms with van der Waals surface area (Å²) in [5.74, 6) is -1.06. The number of pyridine rings is 1. The third-order valence-corrected chi connectivity index (χ3v) is 9.40. The number of rotatable bonds is 6. The number of aliphatic hydroxyl groups is 1. The topological polar surface area (TPSA) is 122 Å². The van der Waals surface area contributed by atoms with Crippen molar-refractivity contribution in [2.45, 2.75) is 25.5 Å². The van der Waals surface area contributed by atoms with Crippen LogP contribution in [-0.2, 0) is 11.3 Å². The van der Waals surface area contributed by atoms with Crippen molar-refractivity contribution in [3.05, 3.63) is 95.9 Å². The number of anilines is 1. The minimum absolute atomic E-state index is 0.0508. The maximum Gasteiger partial charge on any atom is 0.345 e. The van der Waals surface area contributed by atoms with Crippen molar-refractivity contribution < 1.29 is 19.8 Å². The van der Waals surface area contributed by atoms with Crippen LogP contribution >= 0.6 is 11.3 Å². The highest BCUT2D eigenvalue weighted by atomic mass is 32.1. The van der Waals surface area contributed by atoms with E-state index in [2.05, 4.69) is 6.07 Å². The standard InChI is InChI=1S/C35H30N4O4S/c36-25-8-4-7-22(18-25)27-11-9-23-17-24(10-12-28(23)37-27)33-32(21-5-2-1-3-6-21)34-29(19-30(44-34)35(42)43)39(33)20-31(41)38-15-13-26(40)14-16-38/h1-12,17-19,26,40H,13-16,20,36H2,(H,42,43). The number of nitrogens with zero attached hydrogens (tertiary/aromatic N) is 3. The smallest absolute Gasteiger partial charge is 0.345 e. The summed E-state index contributed by atoms with van der Waals surface area (Å²) in [5, 5.41) is 20.8. The van der Waals surface area contributed by atoms with Gasteiger partial charge in [-0.05, 0) is 60.4 Å². The van der Waals surface area contributed by atoms with Gasteiger partial charge in [-0.2, -0.15) is 0 Å².